The Hall–Kier alpha value is -1.02. The second-order valence-electron chi connectivity index (χ2n) is 2.20. The zero-order chi connectivity index (χ0) is 8.97. The molecule has 0 bridgehead atoms. The Morgan fingerprint density at radius 2 is 2.25 bits per heavy atom. The van der Waals surface area contributed by atoms with E-state index < -0.39 is 0 Å². The van der Waals surface area contributed by atoms with E-state index in [1.165, 1.54) is 25.5 Å². The van der Waals surface area contributed by atoms with Crippen molar-refractivity contribution in [2.24, 2.45) is 0 Å². The summed E-state index contributed by atoms with van der Waals surface area (Å²) in [5, 5.41) is 0.378. The van der Waals surface area contributed by atoms with E-state index in [0.29, 0.717) is 5.02 Å². The summed E-state index contributed by atoms with van der Waals surface area (Å²) in [7, 11) is 1.54. The number of methoxy groups -OCH3 is 1. The second kappa shape index (κ2) is 4.12. The summed E-state index contributed by atoms with van der Waals surface area (Å²) in [6.07, 6.45) is 3.15. The first-order chi connectivity index (χ1) is 5.74. The minimum Gasteiger partial charge on any atom is -0.504 e. The fourth-order valence-corrected chi connectivity index (χ4v) is 1.01. The molecule has 0 aliphatic carbocycles. The monoisotopic (exact) mass is 186 g/mol. The Labute approximate surface area is 75.4 Å². The van der Waals surface area contributed by atoms with Crippen LogP contribution in [0, 0.1) is 5.82 Å². The van der Waals surface area contributed by atoms with E-state index in [-0.39, 0.29) is 5.82 Å². The van der Waals surface area contributed by atoms with Crippen LogP contribution in [0.2, 0.25) is 5.02 Å². The van der Waals surface area contributed by atoms with Crippen molar-refractivity contribution in [3.63, 3.8) is 0 Å². The number of halogens is 2. The van der Waals surface area contributed by atoms with Gasteiger partial charge in [-0.2, -0.15) is 0 Å². The highest BCUT2D eigenvalue weighted by Gasteiger charge is 1.97. The lowest BCUT2D eigenvalue weighted by Crippen LogP contribution is -1.78. The van der Waals surface area contributed by atoms with Crippen LogP contribution < -0.4 is 0 Å². The molecule has 1 aromatic rings. The zero-order valence-electron chi connectivity index (χ0n) is 6.55. The molecule has 3 heteroatoms. The number of rotatable bonds is 2. The smallest absolute Gasteiger partial charge is 0.124 e. The van der Waals surface area contributed by atoms with Gasteiger partial charge in [0.05, 0.1) is 18.4 Å². The summed E-state index contributed by atoms with van der Waals surface area (Å²) < 4.78 is 17.2. The van der Waals surface area contributed by atoms with E-state index in [0.717, 1.165) is 5.56 Å². The van der Waals surface area contributed by atoms with Crippen LogP contribution in [0.4, 0.5) is 4.39 Å². The largest absolute Gasteiger partial charge is 0.504 e. The first-order valence-electron chi connectivity index (χ1n) is 3.38. The van der Waals surface area contributed by atoms with Crippen molar-refractivity contribution in [1.29, 1.82) is 0 Å². The minimum atomic E-state index is -0.338. The molecule has 0 aliphatic heterocycles. The quantitative estimate of drug-likeness (QED) is 0.645. The number of hydrogen-bond acceptors (Lipinski definition) is 1. The van der Waals surface area contributed by atoms with Crippen molar-refractivity contribution in [2.75, 3.05) is 7.11 Å². The zero-order valence-corrected chi connectivity index (χ0v) is 7.31. The average molecular weight is 187 g/mol. The van der Waals surface area contributed by atoms with Crippen molar-refractivity contribution in [1.82, 2.24) is 0 Å². The van der Waals surface area contributed by atoms with Crippen LogP contribution in [-0.2, 0) is 4.74 Å². The first-order valence-corrected chi connectivity index (χ1v) is 3.76. The maximum absolute atomic E-state index is 12.5. The lowest BCUT2D eigenvalue weighted by molar-refractivity contribution is 0.341. The summed E-state index contributed by atoms with van der Waals surface area (Å²) in [5.74, 6) is -0.338. The van der Waals surface area contributed by atoms with Crippen LogP contribution in [0.3, 0.4) is 0 Å². The predicted octanol–water partition coefficient (Wildman–Crippen LogP) is 3.10. The van der Waals surface area contributed by atoms with Crippen LogP contribution >= 0.6 is 11.6 Å². The van der Waals surface area contributed by atoms with Crippen LogP contribution in [0.1, 0.15) is 5.56 Å². The van der Waals surface area contributed by atoms with Crippen LogP contribution in [-0.4, -0.2) is 7.11 Å². The third-order valence-electron chi connectivity index (χ3n) is 1.35. The Bertz CT molecular complexity index is 297. The minimum absolute atomic E-state index is 0.338. The summed E-state index contributed by atoms with van der Waals surface area (Å²) in [6.45, 7) is 0. The lowest BCUT2D eigenvalue weighted by Gasteiger charge is -1.96. The molecule has 0 saturated heterocycles. The van der Waals surface area contributed by atoms with Gasteiger partial charge in [-0.15, -0.1) is 0 Å². The molecule has 1 rings (SSSR count). The molecule has 0 spiro atoms. The molecule has 0 amide bonds. The van der Waals surface area contributed by atoms with Gasteiger partial charge in [0.25, 0.3) is 0 Å². The maximum Gasteiger partial charge on any atom is 0.124 e. The van der Waals surface area contributed by atoms with Gasteiger partial charge in [-0.3, -0.25) is 0 Å². The van der Waals surface area contributed by atoms with Crippen molar-refractivity contribution in [3.8, 4) is 0 Å². The number of ether oxygens (including phenoxy) is 1. The number of benzene rings is 1. The van der Waals surface area contributed by atoms with Gasteiger partial charge >= 0.3 is 0 Å². The Kier molecular flexibility index (Phi) is 3.11. The number of hydrogen-bond donors (Lipinski definition) is 0. The van der Waals surface area contributed by atoms with Crippen LogP contribution in [0.25, 0.3) is 6.08 Å². The van der Waals surface area contributed by atoms with Gasteiger partial charge in [0.15, 0.2) is 0 Å². The highest BCUT2D eigenvalue weighted by atomic mass is 35.5. The third-order valence-corrected chi connectivity index (χ3v) is 1.67. The first kappa shape index (κ1) is 9.07. The van der Waals surface area contributed by atoms with Gasteiger partial charge in [-0.05, 0) is 23.8 Å². The van der Waals surface area contributed by atoms with Gasteiger partial charge in [0, 0.05) is 0 Å². The summed E-state index contributed by atoms with van der Waals surface area (Å²) in [5.41, 5.74) is 0.736. The Morgan fingerprint density at radius 3 is 2.83 bits per heavy atom. The van der Waals surface area contributed by atoms with Gasteiger partial charge in [-0.25, -0.2) is 4.39 Å². The molecule has 0 unspecified atom stereocenters. The van der Waals surface area contributed by atoms with E-state index in [1.54, 1.807) is 12.1 Å². The summed E-state index contributed by atoms with van der Waals surface area (Å²) in [4.78, 5) is 0. The summed E-state index contributed by atoms with van der Waals surface area (Å²) in [6, 6.07) is 4.20. The molecule has 0 aliphatic rings. The van der Waals surface area contributed by atoms with Crippen molar-refractivity contribution in [2.45, 2.75) is 0 Å². The molecule has 0 aromatic heterocycles. The van der Waals surface area contributed by atoms with E-state index in [1.807, 2.05) is 0 Å². The van der Waals surface area contributed by atoms with Gasteiger partial charge in [-0.1, -0.05) is 17.7 Å². The molecule has 0 N–H and O–H groups in total. The lowest BCUT2D eigenvalue weighted by atomic mass is 10.2. The normalized spacial score (nSPS) is 10.6. The molecule has 0 radical (unpaired) electrons. The SMILES string of the molecule is CO/C=C/c1ccc(F)cc1Cl. The average Bonchev–Trinajstić information content (AvgIpc) is 2.03. The highest BCUT2D eigenvalue weighted by molar-refractivity contribution is 6.32. The van der Waals surface area contributed by atoms with Gasteiger partial charge in [0.1, 0.15) is 5.82 Å². The fourth-order valence-electron chi connectivity index (χ4n) is 0.778. The Morgan fingerprint density at radius 1 is 1.50 bits per heavy atom. The van der Waals surface area contributed by atoms with E-state index in [9.17, 15) is 4.39 Å². The molecule has 0 fully saturated rings. The van der Waals surface area contributed by atoms with Crippen molar-refractivity contribution in [3.05, 3.63) is 40.9 Å². The van der Waals surface area contributed by atoms with E-state index in [2.05, 4.69) is 0 Å². The molecular formula is C9H8ClFO. The maximum atomic E-state index is 12.5. The topological polar surface area (TPSA) is 9.23 Å². The van der Waals surface area contributed by atoms with E-state index >= 15 is 0 Å². The van der Waals surface area contributed by atoms with Crippen LogP contribution in [0.15, 0.2) is 24.5 Å². The van der Waals surface area contributed by atoms with Crippen LogP contribution in [0.5, 0.6) is 0 Å². The molecule has 1 nitrogen and oxygen atoms in total. The molecular weight excluding hydrogens is 179 g/mol. The third kappa shape index (κ3) is 2.24. The van der Waals surface area contributed by atoms with E-state index in [4.69, 9.17) is 16.3 Å². The predicted molar refractivity (Wildman–Crippen MR) is 47.5 cm³/mol. The molecule has 0 atom stereocenters. The van der Waals surface area contributed by atoms with Gasteiger partial charge < -0.3 is 4.74 Å². The molecule has 1 aromatic carbocycles. The van der Waals surface area contributed by atoms with Gasteiger partial charge in [0.2, 0.25) is 0 Å². The molecule has 0 heterocycles. The standard InChI is InChI=1S/C9H8ClFO/c1-12-5-4-7-2-3-8(11)6-9(7)10/h2-6H,1H3/b5-4+. The second-order valence-corrected chi connectivity index (χ2v) is 2.61. The van der Waals surface area contributed by atoms with Crippen molar-refractivity contribution < 1.29 is 9.13 Å². The fraction of sp³-hybridized carbons (Fsp3) is 0.111. The molecule has 64 valence electrons. The molecule has 12 heavy (non-hydrogen) atoms. The Balaban J connectivity index is 2.94. The molecule has 0 saturated carbocycles. The highest BCUT2D eigenvalue weighted by Crippen LogP contribution is 2.18. The van der Waals surface area contributed by atoms with Crippen molar-refractivity contribution >= 4 is 17.7 Å². The summed E-state index contributed by atoms with van der Waals surface area (Å²) >= 11 is 5.72.